The second-order valence-corrected chi connectivity index (χ2v) is 4.16. The fourth-order valence-corrected chi connectivity index (χ4v) is 1.47. The minimum absolute atomic E-state index is 0.215. The highest BCUT2D eigenvalue weighted by Gasteiger charge is 2.19. The van der Waals surface area contributed by atoms with Crippen molar-refractivity contribution < 1.29 is 14.7 Å². The fraction of sp³-hybridized carbons (Fsp3) is 0.200. The number of hydrogen-bond acceptors (Lipinski definition) is 4. The van der Waals surface area contributed by atoms with Gasteiger partial charge in [0.15, 0.2) is 0 Å². The Bertz CT molecular complexity index is 468. The number of carbonyl (C=O) groups excluding carboxylic acids is 2. The molecule has 98 valence electrons. The lowest BCUT2D eigenvalue weighted by Crippen LogP contribution is -2.50. The minimum Gasteiger partial charge on any atom is -0.394 e. The molecule has 0 saturated heterocycles. The Labute approximate surface area is 113 Å². The van der Waals surface area contributed by atoms with Crippen LogP contribution in [-0.2, 0) is 4.79 Å². The summed E-state index contributed by atoms with van der Waals surface area (Å²) in [7, 11) is 0. The summed E-state index contributed by atoms with van der Waals surface area (Å²) < 4.78 is 0. The third-order valence-corrected chi connectivity index (χ3v) is 2.87. The van der Waals surface area contributed by atoms with E-state index in [-0.39, 0.29) is 10.6 Å². The van der Waals surface area contributed by atoms with E-state index in [1.54, 1.807) is 0 Å². The van der Waals surface area contributed by atoms with Gasteiger partial charge in [0.25, 0.3) is 11.8 Å². The maximum atomic E-state index is 11.8. The van der Waals surface area contributed by atoms with Gasteiger partial charge < -0.3 is 10.4 Å². The Morgan fingerprint density at radius 3 is 2.50 bits per heavy atom. The Balaban J connectivity index is 2.81. The number of amides is 2. The lowest BCUT2D eigenvalue weighted by Gasteiger charge is -2.14. The van der Waals surface area contributed by atoms with Crippen molar-refractivity contribution >= 4 is 35.0 Å². The van der Waals surface area contributed by atoms with Crippen molar-refractivity contribution in [2.45, 2.75) is 6.04 Å². The molecule has 1 aromatic carbocycles. The average molecular weight is 292 g/mol. The van der Waals surface area contributed by atoms with E-state index in [2.05, 4.69) is 5.32 Å². The molecular weight excluding hydrogens is 281 g/mol. The van der Waals surface area contributed by atoms with Gasteiger partial charge in [0.05, 0.1) is 16.7 Å². The first-order valence-electron chi connectivity index (χ1n) is 4.86. The van der Waals surface area contributed by atoms with Gasteiger partial charge in [-0.3, -0.25) is 15.0 Å². The minimum atomic E-state index is -1.13. The van der Waals surface area contributed by atoms with Crippen LogP contribution in [0.3, 0.4) is 0 Å². The van der Waals surface area contributed by atoms with Crippen LogP contribution in [0.5, 0.6) is 0 Å². The van der Waals surface area contributed by atoms with Crippen LogP contribution in [-0.4, -0.2) is 29.6 Å². The zero-order valence-corrected chi connectivity index (χ0v) is 10.6. The number of hydrogen-bond donors (Lipinski definition) is 4. The first kappa shape index (κ1) is 14.7. The molecule has 0 heterocycles. The molecule has 0 saturated carbocycles. The summed E-state index contributed by atoms with van der Waals surface area (Å²) in [5, 5.41) is 11.8. The van der Waals surface area contributed by atoms with E-state index in [9.17, 15) is 9.59 Å². The fourth-order valence-electron chi connectivity index (χ4n) is 1.17. The van der Waals surface area contributed by atoms with Crippen LogP contribution in [0.25, 0.3) is 0 Å². The Morgan fingerprint density at radius 1 is 1.33 bits per heavy atom. The molecule has 1 atom stereocenters. The number of nitrogens with two attached hydrogens (primary N) is 1. The number of hydrazine groups is 1. The van der Waals surface area contributed by atoms with Crippen LogP contribution in [0.1, 0.15) is 10.4 Å². The number of halogens is 2. The van der Waals surface area contributed by atoms with Gasteiger partial charge in [-0.1, -0.05) is 23.2 Å². The second kappa shape index (κ2) is 6.55. The SMILES string of the molecule is NNC(=O)C(CO)NC(=O)c1ccc(Cl)c(Cl)c1. The number of benzene rings is 1. The van der Waals surface area contributed by atoms with E-state index in [0.717, 1.165) is 0 Å². The van der Waals surface area contributed by atoms with Crippen LogP contribution in [0, 0.1) is 0 Å². The van der Waals surface area contributed by atoms with Crippen LogP contribution in [0.2, 0.25) is 10.0 Å². The molecule has 6 nitrogen and oxygen atoms in total. The smallest absolute Gasteiger partial charge is 0.258 e. The quantitative estimate of drug-likeness (QED) is 0.358. The third kappa shape index (κ3) is 3.58. The molecule has 0 aliphatic carbocycles. The number of rotatable bonds is 4. The van der Waals surface area contributed by atoms with Gasteiger partial charge in [-0.25, -0.2) is 5.84 Å². The third-order valence-electron chi connectivity index (χ3n) is 2.13. The van der Waals surface area contributed by atoms with Crippen LogP contribution >= 0.6 is 23.2 Å². The molecule has 1 unspecified atom stereocenters. The predicted octanol–water partition coefficient (Wildman–Crippen LogP) is 0.0740. The van der Waals surface area contributed by atoms with Crippen molar-refractivity contribution in [3.8, 4) is 0 Å². The van der Waals surface area contributed by atoms with Crippen LogP contribution < -0.4 is 16.6 Å². The Kier molecular flexibility index (Phi) is 5.36. The van der Waals surface area contributed by atoms with Gasteiger partial charge >= 0.3 is 0 Å². The standard InChI is InChI=1S/C10H11Cl2N3O3/c11-6-2-1-5(3-7(6)12)9(17)14-8(4-16)10(18)15-13/h1-3,8,16H,4,13H2,(H,14,17)(H,15,18). The predicted molar refractivity (Wildman–Crippen MR) is 67.1 cm³/mol. The molecule has 1 aromatic rings. The molecule has 5 N–H and O–H groups in total. The molecule has 0 aromatic heterocycles. The zero-order chi connectivity index (χ0) is 13.7. The van der Waals surface area contributed by atoms with Gasteiger partial charge in [0.2, 0.25) is 0 Å². The Hall–Kier alpha value is -1.34. The van der Waals surface area contributed by atoms with Gasteiger partial charge in [-0.05, 0) is 18.2 Å². The average Bonchev–Trinajstić information content (AvgIpc) is 2.37. The number of nitrogens with one attached hydrogen (secondary N) is 2. The van der Waals surface area contributed by atoms with Crippen molar-refractivity contribution in [1.82, 2.24) is 10.7 Å². The summed E-state index contributed by atoms with van der Waals surface area (Å²) in [6.45, 7) is -0.573. The summed E-state index contributed by atoms with van der Waals surface area (Å²) >= 11 is 11.5. The number of aliphatic hydroxyl groups excluding tert-OH is 1. The summed E-state index contributed by atoms with van der Waals surface area (Å²) in [5.74, 6) is 3.63. The lowest BCUT2D eigenvalue weighted by atomic mass is 10.2. The van der Waals surface area contributed by atoms with Crippen molar-refractivity contribution in [3.63, 3.8) is 0 Å². The largest absolute Gasteiger partial charge is 0.394 e. The highest BCUT2D eigenvalue weighted by atomic mass is 35.5. The van der Waals surface area contributed by atoms with E-state index in [1.807, 2.05) is 5.43 Å². The summed E-state index contributed by atoms with van der Waals surface area (Å²) in [4.78, 5) is 22.9. The molecule has 1 rings (SSSR count). The van der Waals surface area contributed by atoms with Crippen LogP contribution in [0.4, 0.5) is 0 Å². The van der Waals surface area contributed by atoms with Crippen LogP contribution in [0.15, 0.2) is 18.2 Å². The molecule has 0 radical (unpaired) electrons. The number of aliphatic hydroxyl groups is 1. The highest BCUT2D eigenvalue weighted by Crippen LogP contribution is 2.22. The molecule has 0 fully saturated rings. The van der Waals surface area contributed by atoms with Gasteiger partial charge in [-0.2, -0.15) is 0 Å². The summed E-state index contributed by atoms with van der Waals surface area (Å²) in [6.07, 6.45) is 0. The molecular formula is C10H11Cl2N3O3. The maximum Gasteiger partial charge on any atom is 0.258 e. The second-order valence-electron chi connectivity index (χ2n) is 3.35. The molecule has 0 aliphatic heterocycles. The summed E-state index contributed by atoms with van der Waals surface area (Å²) in [6, 6.07) is 3.12. The summed E-state index contributed by atoms with van der Waals surface area (Å²) in [5.41, 5.74) is 2.05. The first-order chi connectivity index (χ1) is 8.49. The number of carbonyl (C=O) groups is 2. The lowest BCUT2D eigenvalue weighted by molar-refractivity contribution is -0.123. The molecule has 0 spiro atoms. The van der Waals surface area contributed by atoms with Crippen molar-refractivity contribution in [3.05, 3.63) is 33.8 Å². The topological polar surface area (TPSA) is 104 Å². The van der Waals surface area contributed by atoms with Gasteiger partial charge in [0, 0.05) is 5.56 Å². The van der Waals surface area contributed by atoms with Crippen molar-refractivity contribution in [2.24, 2.45) is 5.84 Å². The zero-order valence-electron chi connectivity index (χ0n) is 9.11. The monoisotopic (exact) mass is 291 g/mol. The Morgan fingerprint density at radius 2 is 2.00 bits per heavy atom. The van der Waals surface area contributed by atoms with E-state index < -0.39 is 24.5 Å². The van der Waals surface area contributed by atoms with E-state index in [1.165, 1.54) is 18.2 Å². The van der Waals surface area contributed by atoms with Gasteiger partial charge in [-0.15, -0.1) is 0 Å². The highest BCUT2D eigenvalue weighted by molar-refractivity contribution is 6.42. The first-order valence-corrected chi connectivity index (χ1v) is 5.62. The van der Waals surface area contributed by atoms with Crippen molar-refractivity contribution in [1.29, 1.82) is 0 Å². The van der Waals surface area contributed by atoms with E-state index >= 15 is 0 Å². The normalized spacial score (nSPS) is 11.8. The maximum absolute atomic E-state index is 11.8. The van der Waals surface area contributed by atoms with Gasteiger partial charge in [0.1, 0.15) is 6.04 Å². The van der Waals surface area contributed by atoms with E-state index in [4.69, 9.17) is 34.2 Å². The van der Waals surface area contributed by atoms with E-state index in [0.29, 0.717) is 5.02 Å². The molecule has 2 amide bonds. The molecule has 0 aliphatic rings. The molecule has 0 bridgehead atoms. The van der Waals surface area contributed by atoms with Crippen molar-refractivity contribution in [2.75, 3.05) is 6.61 Å². The molecule has 8 heteroatoms. The molecule has 18 heavy (non-hydrogen) atoms.